The molecule has 0 aliphatic carbocycles. The van der Waals surface area contributed by atoms with Crippen molar-refractivity contribution in [2.45, 2.75) is 65.6 Å². The second-order valence-electron chi connectivity index (χ2n) is 11.7. The molecule has 1 saturated heterocycles. The highest BCUT2D eigenvalue weighted by atomic mass is 35.5. The number of hydrogen-bond donors (Lipinski definition) is 0. The monoisotopic (exact) mass is 575 g/mol. The van der Waals surface area contributed by atoms with Gasteiger partial charge in [-0.25, -0.2) is 9.59 Å². The molecule has 1 aliphatic heterocycles. The number of aromatic nitrogens is 6. The molecule has 0 amide bonds. The van der Waals surface area contributed by atoms with Crippen molar-refractivity contribution in [1.82, 2.24) is 28.5 Å². The molecule has 1 aliphatic rings. The maximum Gasteiger partial charge on any atom is 0.331 e. The van der Waals surface area contributed by atoms with Crippen LogP contribution in [0, 0.1) is 6.92 Å². The van der Waals surface area contributed by atoms with Crippen LogP contribution in [0.5, 0.6) is 0 Å². The molecule has 214 valence electrons. The molecule has 4 heterocycles. The van der Waals surface area contributed by atoms with Gasteiger partial charge in [-0.2, -0.15) is 0 Å². The highest BCUT2D eigenvalue weighted by Gasteiger charge is 2.28. The van der Waals surface area contributed by atoms with Crippen LogP contribution < -0.4 is 21.8 Å². The van der Waals surface area contributed by atoms with Gasteiger partial charge in [0.05, 0.1) is 21.9 Å². The minimum Gasteiger partial charge on any atom is -0.354 e. The van der Waals surface area contributed by atoms with Gasteiger partial charge < -0.3 is 4.90 Å². The van der Waals surface area contributed by atoms with E-state index in [9.17, 15) is 14.4 Å². The molecular weight excluding hydrogens is 542 g/mol. The Balaban J connectivity index is 1.42. The van der Waals surface area contributed by atoms with Crippen molar-refractivity contribution < 1.29 is 0 Å². The zero-order valence-electron chi connectivity index (χ0n) is 24.2. The number of halogens is 1. The number of aryl methyl sites for hydroxylation is 2. The van der Waals surface area contributed by atoms with E-state index in [2.05, 4.69) is 15.1 Å². The molecule has 0 radical (unpaired) electrons. The third kappa shape index (κ3) is 4.18. The van der Waals surface area contributed by atoms with E-state index >= 15 is 0 Å². The van der Waals surface area contributed by atoms with Crippen LogP contribution in [0.3, 0.4) is 0 Å². The minimum absolute atomic E-state index is 0.0235. The molecule has 41 heavy (non-hydrogen) atoms. The van der Waals surface area contributed by atoms with Crippen LogP contribution in [0.15, 0.2) is 44.7 Å². The smallest absolute Gasteiger partial charge is 0.331 e. The summed E-state index contributed by atoms with van der Waals surface area (Å²) in [7, 11) is 1.71. The number of rotatable bonds is 4. The van der Waals surface area contributed by atoms with E-state index < -0.39 is 0 Å². The van der Waals surface area contributed by atoms with E-state index in [1.807, 2.05) is 69.5 Å². The highest BCUT2D eigenvalue weighted by Crippen LogP contribution is 2.35. The van der Waals surface area contributed by atoms with Crippen molar-refractivity contribution in [3.63, 3.8) is 0 Å². The molecule has 1 fully saturated rings. The van der Waals surface area contributed by atoms with Gasteiger partial charge >= 0.3 is 11.4 Å². The fourth-order valence-electron chi connectivity index (χ4n) is 6.32. The predicted molar refractivity (Wildman–Crippen MR) is 164 cm³/mol. The number of nitrogens with zero attached hydrogens (tertiary/aromatic N) is 7. The third-order valence-electron chi connectivity index (χ3n) is 8.36. The zero-order valence-corrected chi connectivity index (χ0v) is 24.9. The summed E-state index contributed by atoms with van der Waals surface area (Å²) in [5, 5.41) is 11.1. The summed E-state index contributed by atoms with van der Waals surface area (Å²) in [5.74, 6) is 0.680. The normalized spacial score (nSPS) is 14.9. The Kier molecular flexibility index (Phi) is 6.56. The maximum atomic E-state index is 13.5. The summed E-state index contributed by atoms with van der Waals surface area (Å²) in [6, 6.07) is 9.25. The predicted octanol–water partition coefficient (Wildman–Crippen LogP) is 4.72. The van der Waals surface area contributed by atoms with Gasteiger partial charge in [0.1, 0.15) is 0 Å². The van der Waals surface area contributed by atoms with Crippen LogP contribution in [0.2, 0.25) is 5.15 Å². The molecule has 2 aromatic carbocycles. The summed E-state index contributed by atoms with van der Waals surface area (Å²) in [5.41, 5.74) is 2.65. The number of hydrogen-bond acceptors (Lipinski definition) is 6. The summed E-state index contributed by atoms with van der Waals surface area (Å²) >= 11 is 6.56. The molecule has 5 aromatic rings. The van der Waals surface area contributed by atoms with E-state index in [4.69, 9.17) is 11.6 Å². The van der Waals surface area contributed by atoms with Crippen LogP contribution >= 0.6 is 11.6 Å². The topological polar surface area (TPSA) is 100.0 Å². The van der Waals surface area contributed by atoms with Gasteiger partial charge in [-0.15, -0.1) is 10.2 Å². The van der Waals surface area contributed by atoms with Crippen molar-refractivity contribution >= 4 is 50.1 Å². The Hall–Kier alpha value is -3.92. The molecule has 0 atom stereocenters. The highest BCUT2D eigenvalue weighted by molar-refractivity contribution is 6.35. The molecule has 3 aromatic heterocycles. The van der Waals surface area contributed by atoms with E-state index in [1.165, 1.54) is 4.57 Å². The average Bonchev–Trinajstić information content (AvgIpc) is 3.23. The summed E-state index contributed by atoms with van der Waals surface area (Å²) < 4.78 is 6.58. The molecule has 11 heteroatoms. The first kappa shape index (κ1) is 27.3. The number of piperidine rings is 1. The fourth-order valence-corrected chi connectivity index (χ4v) is 6.52. The lowest BCUT2D eigenvalue weighted by molar-refractivity contribution is 0.370. The van der Waals surface area contributed by atoms with Crippen LogP contribution in [0.4, 0.5) is 5.82 Å². The molecular formula is C30H34ClN7O3. The van der Waals surface area contributed by atoms with Gasteiger partial charge in [-0.3, -0.25) is 23.1 Å². The van der Waals surface area contributed by atoms with E-state index in [-0.39, 0.29) is 40.2 Å². The fraction of sp³-hybridized carbons (Fsp3) is 0.433. The Morgan fingerprint density at radius 2 is 1.41 bits per heavy atom. The second-order valence-corrected chi connectivity index (χ2v) is 12.0. The van der Waals surface area contributed by atoms with Crippen LogP contribution in [-0.2, 0) is 7.05 Å². The molecule has 0 N–H and O–H groups in total. The third-order valence-corrected chi connectivity index (χ3v) is 8.64. The number of anilines is 1. The van der Waals surface area contributed by atoms with Gasteiger partial charge in [0.25, 0.3) is 5.56 Å². The van der Waals surface area contributed by atoms with E-state index in [0.29, 0.717) is 42.7 Å². The first-order valence-corrected chi connectivity index (χ1v) is 14.5. The maximum absolute atomic E-state index is 13.5. The van der Waals surface area contributed by atoms with Gasteiger partial charge in [0, 0.05) is 49.0 Å². The number of fused-ring (bicyclic) bond motifs is 3. The van der Waals surface area contributed by atoms with Crippen LogP contribution in [0.25, 0.3) is 32.7 Å². The lowest BCUT2D eigenvalue weighted by atomic mass is 10.0. The Labute approximate surface area is 241 Å². The summed E-state index contributed by atoms with van der Waals surface area (Å²) in [6.45, 7) is 11.1. The van der Waals surface area contributed by atoms with Crippen molar-refractivity contribution in [1.29, 1.82) is 0 Å². The number of imidazole rings is 1. The summed E-state index contributed by atoms with van der Waals surface area (Å²) in [4.78, 5) is 42.3. The molecule has 0 unspecified atom stereocenters. The van der Waals surface area contributed by atoms with Crippen molar-refractivity contribution in [3.05, 3.63) is 72.4 Å². The van der Waals surface area contributed by atoms with E-state index in [0.717, 1.165) is 27.4 Å². The SMILES string of the molecule is Cc1ccc2c(c1)c(=O)n(C1CCN(c3nnc(Cl)c4cc5c(cc34)n(C(C)C)c(=O)n5C(C)C)CC1)c(=O)n2C. The van der Waals surface area contributed by atoms with E-state index in [1.54, 1.807) is 16.2 Å². The van der Waals surface area contributed by atoms with Crippen LogP contribution in [-0.4, -0.2) is 41.6 Å². The molecule has 0 spiro atoms. The molecule has 10 nitrogen and oxygen atoms in total. The molecule has 0 saturated carbocycles. The minimum atomic E-state index is -0.301. The van der Waals surface area contributed by atoms with Crippen molar-refractivity contribution in [2.75, 3.05) is 18.0 Å². The Morgan fingerprint density at radius 3 is 2.02 bits per heavy atom. The first-order valence-electron chi connectivity index (χ1n) is 14.1. The lowest BCUT2D eigenvalue weighted by Gasteiger charge is -2.33. The van der Waals surface area contributed by atoms with Gasteiger partial charge in [0.15, 0.2) is 11.0 Å². The van der Waals surface area contributed by atoms with Crippen molar-refractivity contribution in [3.8, 4) is 0 Å². The Bertz CT molecular complexity index is 2020. The quantitative estimate of drug-likeness (QED) is 0.307. The molecule has 0 bridgehead atoms. The van der Waals surface area contributed by atoms with Crippen LogP contribution in [0.1, 0.15) is 64.2 Å². The largest absolute Gasteiger partial charge is 0.354 e. The second kappa shape index (κ2) is 9.87. The van der Waals surface area contributed by atoms with Gasteiger partial charge in [-0.1, -0.05) is 23.2 Å². The van der Waals surface area contributed by atoms with Gasteiger partial charge in [0.2, 0.25) is 0 Å². The standard InChI is InChI=1S/C30H34ClN7O3/c1-16(2)36-24-14-20-21(15-25(24)37(17(3)4)30(36)41)27(33-32-26(20)31)35-11-9-19(10-12-35)38-28(39)22-13-18(5)7-8-23(22)34(6)29(38)40/h7-8,13-17,19H,9-12H2,1-6H3. The molecule has 6 rings (SSSR count). The van der Waals surface area contributed by atoms with Crippen molar-refractivity contribution in [2.24, 2.45) is 7.05 Å². The zero-order chi connectivity index (χ0) is 29.3. The summed E-state index contributed by atoms with van der Waals surface area (Å²) in [6.07, 6.45) is 1.20. The van der Waals surface area contributed by atoms with Gasteiger partial charge in [-0.05, 0) is 71.7 Å². The average molecular weight is 576 g/mol. The first-order chi connectivity index (χ1) is 19.5. The number of benzene rings is 2. The lowest BCUT2D eigenvalue weighted by Crippen LogP contribution is -2.45. The Morgan fingerprint density at radius 1 is 0.805 bits per heavy atom.